The number of fused-ring (bicyclic) bond motifs is 6. The number of pyridine rings is 1. The third-order valence-corrected chi connectivity index (χ3v) is 9.63. The zero-order valence-electron chi connectivity index (χ0n) is 24.7. The number of rotatable bonds is 8. The molecule has 2 amide bonds. The summed E-state index contributed by atoms with van der Waals surface area (Å²) in [4.78, 5) is 59.3. The van der Waals surface area contributed by atoms with E-state index in [1.165, 1.54) is 12.0 Å². The topological polar surface area (TPSA) is 103 Å². The van der Waals surface area contributed by atoms with Crippen LogP contribution in [0.15, 0.2) is 83.4 Å². The van der Waals surface area contributed by atoms with Gasteiger partial charge in [0.25, 0.3) is 0 Å². The number of ether oxygens (including phenoxy) is 2. The molecule has 226 valence electrons. The minimum absolute atomic E-state index is 0.134. The molecule has 1 aromatic heterocycles. The highest BCUT2D eigenvalue weighted by Gasteiger charge is 2.59. The maximum Gasteiger partial charge on any atom is 0.339 e. The highest BCUT2D eigenvalue weighted by Crippen LogP contribution is 2.53. The number of aryl methyl sites for hydroxylation is 1. The van der Waals surface area contributed by atoms with Crippen molar-refractivity contribution in [2.45, 2.75) is 19.8 Å². The van der Waals surface area contributed by atoms with Crippen LogP contribution >= 0.6 is 15.9 Å². The number of hydrogen-bond donors (Lipinski definition) is 0. The van der Waals surface area contributed by atoms with Crippen LogP contribution in [0, 0.1) is 23.7 Å². The fraction of sp³-hybridized carbons (Fsp3) is 0.250. The molecule has 8 nitrogen and oxygen atoms in total. The first-order valence-corrected chi connectivity index (χ1v) is 15.7. The van der Waals surface area contributed by atoms with Crippen molar-refractivity contribution in [1.29, 1.82) is 0 Å². The largest absolute Gasteiger partial charge is 0.497 e. The van der Waals surface area contributed by atoms with Crippen molar-refractivity contribution >= 4 is 56.1 Å². The Morgan fingerprint density at radius 3 is 2.33 bits per heavy atom. The first-order chi connectivity index (χ1) is 21.8. The predicted octanol–water partition coefficient (Wildman–Crippen LogP) is 6.59. The molecule has 4 unspecified atom stereocenters. The van der Waals surface area contributed by atoms with Crippen LogP contribution in [0.3, 0.4) is 0 Å². The van der Waals surface area contributed by atoms with Crippen LogP contribution < -0.4 is 9.64 Å². The molecule has 9 heteroatoms. The lowest BCUT2D eigenvalue weighted by Crippen LogP contribution is -2.32. The van der Waals surface area contributed by atoms with Gasteiger partial charge in [-0.25, -0.2) is 9.78 Å². The summed E-state index contributed by atoms with van der Waals surface area (Å²) in [5, 5.41) is 0.600. The summed E-state index contributed by atoms with van der Waals surface area (Å²) < 4.78 is 11.5. The molecule has 7 rings (SSSR count). The Hall–Kier alpha value is -4.63. The second-order valence-electron chi connectivity index (χ2n) is 11.7. The summed E-state index contributed by atoms with van der Waals surface area (Å²) in [5.74, 6) is -1.01. The number of imide groups is 1. The van der Waals surface area contributed by atoms with Crippen molar-refractivity contribution in [3.63, 3.8) is 0 Å². The molecular weight excluding hydrogens is 636 g/mol. The molecule has 1 saturated heterocycles. The quantitative estimate of drug-likeness (QED) is 0.0906. The summed E-state index contributed by atoms with van der Waals surface area (Å²) in [6.45, 7) is 1.57. The van der Waals surface area contributed by atoms with Crippen LogP contribution in [0.5, 0.6) is 5.75 Å². The zero-order chi connectivity index (χ0) is 31.4. The Morgan fingerprint density at radius 1 is 0.956 bits per heavy atom. The van der Waals surface area contributed by atoms with Crippen molar-refractivity contribution in [3.05, 3.63) is 100 Å². The Kier molecular flexibility index (Phi) is 7.36. The van der Waals surface area contributed by atoms with Crippen LogP contribution in [0.25, 0.3) is 22.2 Å². The van der Waals surface area contributed by atoms with E-state index in [0.717, 1.165) is 16.5 Å². The molecule has 0 radical (unpaired) electrons. The molecule has 2 aliphatic carbocycles. The van der Waals surface area contributed by atoms with Crippen LogP contribution in [-0.4, -0.2) is 42.3 Å². The molecule has 0 N–H and O–H groups in total. The van der Waals surface area contributed by atoms with Gasteiger partial charge in [0.15, 0.2) is 12.4 Å². The lowest BCUT2D eigenvalue weighted by atomic mass is 9.85. The second kappa shape index (κ2) is 11.4. The maximum absolute atomic E-state index is 13.5. The van der Waals surface area contributed by atoms with Crippen molar-refractivity contribution in [3.8, 4) is 17.0 Å². The number of methoxy groups -OCH3 is 1. The molecule has 2 fully saturated rings. The molecule has 4 atom stereocenters. The summed E-state index contributed by atoms with van der Waals surface area (Å²) in [6, 6.07) is 19.2. The van der Waals surface area contributed by atoms with Gasteiger partial charge in [-0.05, 0) is 72.7 Å². The van der Waals surface area contributed by atoms with Crippen LogP contribution in [-0.2, 0) is 20.7 Å². The monoisotopic (exact) mass is 664 g/mol. The van der Waals surface area contributed by atoms with Gasteiger partial charge in [0, 0.05) is 21.0 Å². The van der Waals surface area contributed by atoms with Crippen LogP contribution in [0.2, 0.25) is 0 Å². The van der Waals surface area contributed by atoms with Crippen molar-refractivity contribution in [2.24, 2.45) is 23.7 Å². The lowest BCUT2D eigenvalue weighted by molar-refractivity contribution is -0.123. The molecule has 3 aromatic carbocycles. The van der Waals surface area contributed by atoms with Gasteiger partial charge in [0.2, 0.25) is 11.8 Å². The fourth-order valence-electron chi connectivity index (χ4n) is 6.97. The van der Waals surface area contributed by atoms with Gasteiger partial charge >= 0.3 is 5.97 Å². The highest BCUT2D eigenvalue weighted by molar-refractivity contribution is 9.10. The highest BCUT2D eigenvalue weighted by atomic mass is 79.9. The minimum atomic E-state index is -0.653. The van der Waals surface area contributed by atoms with Gasteiger partial charge in [0.1, 0.15) is 5.75 Å². The summed E-state index contributed by atoms with van der Waals surface area (Å²) in [7, 11) is 1.52. The Morgan fingerprint density at radius 2 is 1.67 bits per heavy atom. The zero-order valence-corrected chi connectivity index (χ0v) is 26.2. The van der Waals surface area contributed by atoms with Crippen molar-refractivity contribution < 1.29 is 28.7 Å². The number of ketones is 1. The standard InChI is InChI=1S/C36H29BrN2O6/c1-3-19-14-24(37)16-27-28(36(43)45-18-30(40)21-5-4-6-26(15-21)44-2)17-29(38-33(19)27)20-9-11-25(12-10-20)39-34(41)31-22-7-8-23(13-22)32(31)35(39)42/h4-12,14-17,22-23,31-32H,3,13,18H2,1-2H3. The van der Waals surface area contributed by atoms with E-state index in [1.807, 2.05) is 19.1 Å². The van der Waals surface area contributed by atoms with E-state index in [2.05, 4.69) is 28.1 Å². The Bertz CT molecular complexity index is 1900. The smallest absolute Gasteiger partial charge is 0.339 e. The molecular formula is C36H29BrN2O6. The molecule has 45 heavy (non-hydrogen) atoms. The van der Waals surface area contributed by atoms with E-state index in [-0.39, 0.29) is 46.8 Å². The van der Waals surface area contributed by atoms with Gasteiger partial charge in [-0.1, -0.05) is 59.3 Å². The lowest BCUT2D eigenvalue weighted by Gasteiger charge is -2.18. The number of Topliss-reactive ketones (excluding diaryl/α,β-unsaturated/α-hetero) is 1. The molecule has 1 aliphatic heterocycles. The van der Waals surface area contributed by atoms with E-state index >= 15 is 0 Å². The first-order valence-electron chi connectivity index (χ1n) is 14.9. The van der Waals surface area contributed by atoms with E-state index in [9.17, 15) is 19.2 Å². The number of allylic oxidation sites excluding steroid dienone is 2. The fourth-order valence-corrected chi connectivity index (χ4v) is 7.48. The number of benzene rings is 3. The first kappa shape index (κ1) is 29.1. The Balaban J connectivity index is 1.20. The van der Waals surface area contributed by atoms with E-state index < -0.39 is 12.6 Å². The van der Waals surface area contributed by atoms with Gasteiger partial charge in [-0.15, -0.1) is 0 Å². The van der Waals surface area contributed by atoms with Crippen LogP contribution in [0.1, 0.15) is 39.6 Å². The number of aromatic nitrogens is 1. The normalized spacial score (nSPS) is 21.4. The van der Waals surface area contributed by atoms with E-state index in [0.29, 0.717) is 45.6 Å². The van der Waals surface area contributed by atoms with Gasteiger partial charge in [-0.2, -0.15) is 0 Å². The Labute approximate surface area is 268 Å². The van der Waals surface area contributed by atoms with Gasteiger partial charge < -0.3 is 9.47 Å². The number of carbonyl (C=O) groups excluding carboxylic acids is 4. The third-order valence-electron chi connectivity index (χ3n) is 9.18. The van der Waals surface area contributed by atoms with Gasteiger partial charge in [0.05, 0.1) is 41.4 Å². The van der Waals surface area contributed by atoms with E-state index in [4.69, 9.17) is 14.5 Å². The summed E-state index contributed by atoms with van der Waals surface area (Å²) in [5.41, 5.74) is 3.98. The number of nitrogens with zero attached hydrogens (tertiary/aromatic N) is 2. The number of amides is 2. The SMILES string of the molecule is CCc1cc(Br)cc2c(C(=O)OCC(=O)c3cccc(OC)c3)cc(-c3ccc(N4C(=O)C5C6C=CC(C6)C5C4=O)cc3)nc12. The molecule has 2 heterocycles. The summed E-state index contributed by atoms with van der Waals surface area (Å²) >= 11 is 3.55. The number of halogens is 1. The average Bonchev–Trinajstić information content (AvgIpc) is 3.76. The van der Waals surface area contributed by atoms with Crippen molar-refractivity contribution in [1.82, 2.24) is 4.98 Å². The second-order valence-corrected chi connectivity index (χ2v) is 12.6. The minimum Gasteiger partial charge on any atom is -0.497 e. The number of carbonyl (C=O) groups is 4. The molecule has 1 saturated carbocycles. The summed E-state index contributed by atoms with van der Waals surface area (Å²) in [6.07, 6.45) is 5.71. The molecule has 2 bridgehead atoms. The molecule has 4 aromatic rings. The third kappa shape index (κ3) is 4.95. The maximum atomic E-state index is 13.5. The number of anilines is 1. The van der Waals surface area contributed by atoms with E-state index in [1.54, 1.807) is 54.6 Å². The van der Waals surface area contributed by atoms with Gasteiger partial charge in [-0.3, -0.25) is 19.3 Å². The predicted molar refractivity (Wildman–Crippen MR) is 172 cm³/mol. The van der Waals surface area contributed by atoms with Crippen LogP contribution in [0.4, 0.5) is 5.69 Å². The average molecular weight is 666 g/mol. The number of esters is 1. The number of hydrogen-bond acceptors (Lipinski definition) is 7. The molecule has 0 spiro atoms. The molecule has 3 aliphatic rings. The van der Waals surface area contributed by atoms with Crippen molar-refractivity contribution in [2.75, 3.05) is 18.6 Å².